The van der Waals surface area contributed by atoms with E-state index < -0.39 is 15.6 Å². The van der Waals surface area contributed by atoms with Crippen molar-refractivity contribution in [2.75, 3.05) is 46.2 Å². The van der Waals surface area contributed by atoms with Crippen LogP contribution in [0, 0.1) is 0 Å². The molecular formula is C17H26N2O7S. The summed E-state index contributed by atoms with van der Waals surface area (Å²) in [6.07, 6.45) is 2.45. The highest BCUT2D eigenvalue weighted by Crippen LogP contribution is 2.34. The van der Waals surface area contributed by atoms with Crippen molar-refractivity contribution < 1.29 is 32.5 Å². The predicted octanol–water partition coefficient (Wildman–Crippen LogP) is 0.469. The first-order valence-corrected chi connectivity index (χ1v) is 10.6. The summed E-state index contributed by atoms with van der Waals surface area (Å²) in [6, 6.07) is 2.98. The fourth-order valence-corrected chi connectivity index (χ4v) is 4.12. The van der Waals surface area contributed by atoms with Crippen LogP contribution in [-0.4, -0.2) is 70.3 Å². The average Bonchev–Trinajstić information content (AvgIpc) is 2.76. The van der Waals surface area contributed by atoms with Crippen molar-refractivity contribution in [1.29, 1.82) is 0 Å². The second kappa shape index (κ2) is 9.16. The number of nitrogens with zero attached hydrogens (tertiary/aromatic N) is 1. The largest absolute Gasteiger partial charge is 0.477 e. The first kappa shape index (κ1) is 20.3. The Hall–Kier alpha value is -1.46. The van der Waals surface area contributed by atoms with Gasteiger partial charge in [-0.2, -0.15) is 4.98 Å². The zero-order chi connectivity index (χ0) is 19.2. The zero-order valence-corrected chi connectivity index (χ0v) is 16.0. The van der Waals surface area contributed by atoms with Gasteiger partial charge in [0.15, 0.2) is 0 Å². The summed E-state index contributed by atoms with van der Waals surface area (Å²) in [5.74, 6) is 0.377. The van der Waals surface area contributed by atoms with Crippen LogP contribution < -0.4 is 14.2 Å². The fourth-order valence-electron chi connectivity index (χ4n) is 2.94. The molecule has 2 aliphatic rings. The van der Waals surface area contributed by atoms with Crippen LogP contribution in [0.15, 0.2) is 17.0 Å². The van der Waals surface area contributed by atoms with Gasteiger partial charge in [0.05, 0.1) is 26.4 Å². The molecule has 0 unspecified atom stereocenters. The number of rotatable bonds is 8. The van der Waals surface area contributed by atoms with E-state index in [1.165, 1.54) is 12.1 Å². The lowest BCUT2D eigenvalue weighted by Crippen LogP contribution is -2.49. The quantitative estimate of drug-likeness (QED) is 0.603. The van der Waals surface area contributed by atoms with Crippen molar-refractivity contribution in [3.05, 3.63) is 12.1 Å². The molecule has 0 bridgehead atoms. The third kappa shape index (κ3) is 5.29. The minimum atomic E-state index is -3.68. The minimum Gasteiger partial charge on any atom is -0.477 e. The van der Waals surface area contributed by atoms with Crippen molar-refractivity contribution in [3.63, 3.8) is 0 Å². The highest BCUT2D eigenvalue weighted by atomic mass is 32.2. The first-order valence-electron chi connectivity index (χ1n) is 9.14. The molecule has 10 heteroatoms. The van der Waals surface area contributed by atoms with Gasteiger partial charge in [0, 0.05) is 45.1 Å². The number of sulfonamides is 1. The molecule has 0 atom stereocenters. The molecule has 1 aromatic rings. The van der Waals surface area contributed by atoms with Crippen LogP contribution in [0.3, 0.4) is 0 Å². The van der Waals surface area contributed by atoms with Crippen LogP contribution in [0.2, 0.25) is 0 Å². The molecule has 0 radical (unpaired) electrons. The van der Waals surface area contributed by atoms with Crippen molar-refractivity contribution in [3.8, 4) is 11.8 Å². The summed E-state index contributed by atoms with van der Waals surface area (Å²) in [5, 5.41) is 8.68. The van der Waals surface area contributed by atoms with Crippen LogP contribution >= 0.6 is 0 Å². The predicted molar refractivity (Wildman–Crippen MR) is 95.5 cm³/mol. The lowest BCUT2D eigenvalue weighted by Gasteiger charge is -2.35. The second-order valence-corrected chi connectivity index (χ2v) is 8.30. The van der Waals surface area contributed by atoms with Crippen LogP contribution in [0.1, 0.15) is 25.7 Å². The molecule has 3 rings (SSSR count). The van der Waals surface area contributed by atoms with Crippen molar-refractivity contribution in [1.82, 2.24) is 9.71 Å². The fraction of sp³-hybridized carbons (Fsp3) is 0.706. The second-order valence-electron chi connectivity index (χ2n) is 6.57. The number of pyridine rings is 1. The van der Waals surface area contributed by atoms with Crippen molar-refractivity contribution >= 4 is 10.0 Å². The molecule has 1 aromatic heterocycles. The van der Waals surface area contributed by atoms with Gasteiger partial charge in [0.25, 0.3) is 0 Å². The number of fused-ring (bicyclic) bond motifs is 1. The molecule has 27 heavy (non-hydrogen) atoms. The molecule has 2 N–H and O–H groups in total. The molecule has 152 valence electrons. The Bertz CT molecular complexity index is 720. The molecule has 0 aromatic carbocycles. The van der Waals surface area contributed by atoms with Gasteiger partial charge in [-0.15, -0.1) is 0 Å². The first-order chi connectivity index (χ1) is 13.0. The van der Waals surface area contributed by atoms with Gasteiger partial charge in [-0.25, -0.2) is 13.1 Å². The number of nitrogens with one attached hydrogen (secondary N) is 1. The van der Waals surface area contributed by atoms with Gasteiger partial charge in [0.1, 0.15) is 10.5 Å². The summed E-state index contributed by atoms with van der Waals surface area (Å²) in [6.45, 7) is 2.75. The van der Waals surface area contributed by atoms with Crippen LogP contribution in [0.25, 0.3) is 0 Å². The summed E-state index contributed by atoms with van der Waals surface area (Å²) < 4.78 is 50.0. The number of aliphatic hydroxyl groups excluding tert-OH is 1. The van der Waals surface area contributed by atoms with Gasteiger partial charge >= 0.3 is 0 Å². The maximum atomic E-state index is 12.5. The van der Waals surface area contributed by atoms with E-state index in [1.54, 1.807) is 0 Å². The Morgan fingerprint density at radius 3 is 2.74 bits per heavy atom. The molecule has 0 amide bonds. The van der Waals surface area contributed by atoms with Gasteiger partial charge in [-0.3, -0.25) is 0 Å². The van der Waals surface area contributed by atoms with Crippen molar-refractivity contribution in [2.24, 2.45) is 0 Å². The Balaban J connectivity index is 1.65. The molecular weight excluding hydrogens is 376 g/mol. The van der Waals surface area contributed by atoms with Gasteiger partial charge in [-0.05, 0) is 12.5 Å². The standard InChI is InChI=1S/C17H26N2O7S/c20-7-1-8-23-9-2-10-25-15-4-3-14-16(19-15)26-17(5-11-24-12-6-17)13-18-27(14,21)22/h3-4,18,20H,1-2,5-13H2. The maximum absolute atomic E-state index is 12.5. The topological polar surface area (TPSA) is 116 Å². The molecule has 0 aliphatic carbocycles. The van der Waals surface area contributed by atoms with Crippen LogP contribution in [-0.2, 0) is 19.5 Å². The number of aromatic nitrogens is 1. The van der Waals surface area contributed by atoms with Gasteiger partial charge < -0.3 is 24.1 Å². The van der Waals surface area contributed by atoms with Crippen LogP contribution in [0.5, 0.6) is 11.8 Å². The smallest absolute Gasteiger partial charge is 0.246 e. The molecule has 9 nitrogen and oxygen atoms in total. The van der Waals surface area contributed by atoms with E-state index in [0.717, 1.165) is 0 Å². The van der Waals surface area contributed by atoms with Crippen molar-refractivity contribution in [2.45, 2.75) is 36.2 Å². The third-order valence-corrected chi connectivity index (χ3v) is 5.93. The maximum Gasteiger partial charge on any atom is 0.246 e. The van der Waals surface area contributed by atoms with E-state index in [9.17, 15) is 8.42 Å². The lowest BCUT2D eigenvalue weighted by molar-refractivity contribution is -0.0445. The number of aliphatic hydroxyl groups is 1. The number of ether oxygens (including phenoxy) is 4. The monoisotopic (exact) mass is 402 g/mol. The SMILES string of the molecule is O=S1(=O)NCC2(CCOCC2)Oc2nc(OCCCOCCCO)ccc21. The molecule has 2 aliphatic heterocycles. The Morgan fingerprint density at radius 2 is 1.96 bits per heavy atom. The van der Waals surface area contributed by atoms with Crippen LogP contribution in [0.4, 0.5) is 0 Å². The number of hydrogen-bond acceptors (Lipinski definition) is 8. The van der Waals surface area contributed by atoms with E-state index >= 15 is 0 Å². The molecule has 1 fully saturated rings. The van der Waals surface area contributed by atoms with E-state index in [0.29, 0.717) is 64.6 Å². The molecule has 1 spiro atoms. The highest BCUT2D eigenvalue weighted by Gasteiger charge is 2.41. The third-order valence-electron chi connectivity index (χ3n) is 4.52. The summed E-state index contributed by atoms with van der Waals surface area (Å²) in [5.41, 5.74) is -0.650. The van der Waals surface area contributed by atoms with Gasteiger partial charge in [-0.1, -0.05) is 0 Å². The Morgan fingerprint density at radius 1 is 1.19 bits per heavy atom. The van der Waals surface area contributed by atoms with E-state index in [2.05, 4.69) is 9.71 Å². The van der Waals surface area contributed by atoms with E-state index in [1.807, 2.05) is 0 Å². The molecule has 0 saturated carbocycles. The minimum absolute atomic E-state index is 0.0190. The molecule has 3 heterocycles. The Labute approximate surface area is 159 Å². The van der Waals surface area contributed by atoms with Gasteiger partial charge in [0.2, 0.25) is 21.8 Å². The summed E-state index contributed by atoms with van der Waals surface area (Å²) >= 11 is 0. The van der Waals surface area contributed by atoms with E-state index in [4.69, 9.17) is 24.1 Å². The lowest BCUT2D eigenvalue weighted by atomic mass is 9.94. The number of hydrogen-bond donors (Lipinski definition) is 2. The highest BCUT2D eigenvalue weighted by molar-refractivity contribution is 7.89. The summed E-state index contributed by atoms with van der Waals surface area (Å²) in [7, 11) is -3.68. The normalized spacial score (nSPS) is 20.5. The van der Waals surface area contributed by atoms with E-state index in [-0.39, 0.29) is 23.9 Å². The summed E-state index contributed by atoms with van der Waals surface area (Å²) in [4.78, 5) is 4.31. The Kier molecular flexibility index (Phi) is 6.88. The average molecular weight is 402 g/mol. The zero-order valence-electron chi connectivity index (χ0n) is 15.2. The molecule has 1 saturated heterocycles.